The van der Waals surface area contributed by atoms with Crippen LogP contribution in [0.25, 0.3) is 0 Å². The molecule has 0 radical (unpaired) electrons. The first-order valence-corrected chi connectivity index (χ1v) is 6.57. The summed E-state index contributed by atoms with van der Waals surface area (Å²) in [6.45, 7) is 0. The molecule has 112 valence electrons. The molecule has 0 aliphatic rings. The summed E-state index contributed by atoms with van der Waals surface area (Å²) in [4.78, 5) is 30.8. The zero-order valence-electron chi connectivity index (χ0n) is 10.8. The predicted octanol–water partition coefficient (Wildman–Crippen LogP) is 3.87. The highest BCUT2D eigenvalue weighted by molar-refractivity contribution is 9.10. The molecule has 0 spiro atoms. The topological polar surface area (TPSA) is 113 Å². The molecule has 0 aliphatic heterocycles. The van der Waals surface area contributed by atoms with Gasteiger partial charge in [-0.05, 0) is 40.2 Å². The molecule has 0 bridgehead atoms. The molecule has 2 rings (SSSR count). The van der Waals surface area contributed by atoms with Crippen LogP contribution >= 0.6 is 15.9 Å². The number of hydrogen-bond acceptors (Lipinski definition) is 6. The summed E-state index contributed by atoms with van der Waals surface area (Å²) in [6, 6.07) is 7.50. The van der Waals surface area contributed by atoms with Gasteiger partial charge in [-0.15, -0.1) is 0 Å². The number of hydrogen-bond donors (Lipinski definition) is 0. The van der Waals surface area contributed by atoms with Crippen LogP contribution in [0.1, 0.15) is 10.4 Å². The molecule has 0 saturated heterocycles. The summed E-state index contributed by atoms with van der Waals surface area (Å²) in [5.41, 5.74) is -0.535. The van der Waals surface area contributed by atoms with Gasteiger partial charge in [-0.3, -0.25) is 25.0 Å². The second-order valence-corrected chi connectivity index (χ2v) is 4.93. The van der Waals surface area contributed by atoms with E-state index >= 15 is 0 Å². The van der Waals surface area contributed by atoms with E-state index in [9.17, 15) is 25.0 Å². The average molecular weight is 367 g/mol. The Hall–Kier alpha value is -2.81. The zero-order valence-corrected chi connectivity index (χ0v) is 12.3. The van der Waals surface area contributed by atoms with E-state index in [0.717, 1.165) is 18.2 Å². The van der Waals surface area contributed by atoms with Crippen LogP contribution in [0.2, 0.25) is 0 Å². The van der Waals surface area contributed by atoms with Crippen molar-refractivity contribution < 1.29 is 19.4 Å². The Kier molecular flexibility index (Phi) is 4.47. The van der Waals surface area contributed by atoms with Crippen LogP contribution in [0.5, 0.6) is 11.5 Å². The lowest BCUT2D eigenvalue weighted by Gasteiger charge is -2.08. The molecule has 0 amide bonds. The Bertz CT molecular complexity index is 777. The lowest BCUT2D eigenvalue weighted by molar-refractivity contribution is -0.394. The van der Waals surface area contributed by atoms with E-state index in [2.05, 4.69) is 15.9 Å². The molecule has 0 unspecified atom stereocenters. The van der Waals surface area contributed by atoms with Crippen molar-refractivity contribution in [2.45, 2.75) is 0 Å². The molecule has 0 aromatic heterocycles. The summed E-state index contributed by atoms with van der Waals surface area (Å²) >= 11 is 3.18. The molecule has 0 atom stereocenters. The van der Waals surface area contributed by atoms with Crippen molar-refractivity contribution in [3.8, 4) is 11.5 Å². The van der Waals surface area contributed by atoms with Crippen LogP contribution < -0.4 is 4.74 Å². The number of aldehydes is 1. The van der Waals surface area contributed by atoms with Crippen molar-refractivity contribution in [1.82, 2.24) is 0 Å². The zero-order chi connectivity index (χ0) is 16.3. The highest BCUT2D eigenvalue weighted by Gasteiger charge is 2.21. The molecule has 2 aromatic rings. The molecular weight excluding hydrogens is 360 g/mol. The van der Waals surface area contributed by atoms with E-state index in [0.29, 0.717) is 16.3 Å². The van der Waals surface area contributed by atoms with Crippen molar-refractivity contribution in [3.05, 3.63) is 66.7 Å². The molecular formula is C13H7BrN2O6. The number of nitro groups is 2. The van der Waals surface area contributed by atoms with Crippen molar-refractivity contribution in [2.75, 3.05) is 0 Å². The lowest BCUT2D eigenvalue weighted by Crippen LogP contribution is -1.96. The standard InChI is InChI=1S/C13H7BrN2O6/c14-10-5-8(7-17)1-3-12(10)22-13-4-2-9(15(18)19)6-11(13)16(20)21/h1-7H. The molecule has 0 N–H and O–H groups in total. The first-order valence-electron chi connectivity index (χ1n) is 5.78. The molecule has 0 saturated carbocycles. The number of nitrogens with zero attached hydrogens (tertiary/aromatic N) is 2. The number of non-ortho nitro benzene ring substituents is 1. The van der Waals surface area contributed by atoms with Gasteiger partial charge in [0.15, 0.2) is 0 Å². The van der Waals surface area contributed by atoms with Gasteiger partial charge in [0, 0.05) is 11.6 Å². The van der Waals surface area contributed by atoms with Gasteiger partial charge in [0.1, 0.15) is 12.0 Å². The number of nitro benzene ring substituents is 2. The number of benzene rings is 2. The maximum atomic E-state index is 11.0. The summed E-state index contributed by atoms with van der Waals surface area (Å²) in [6.07, 6.45) is 0.642. The highest BCUT2D eigenvalue weighted by Crippen LogP contribution is 2.37. The molecule has 8 nitrogen and oxygen atoms in total. The fourth-order valence-electron chi connectivity index (χ4n) is 1.64. The molecule has 0 aliphatic carbocycles. The monoisotopic (exact) mass is 366 g/mol. The average Bonchev–Trinajstić information content (AvgIpc) is 2.49. The number of rotatable bonds is 5. The third-order valence-corrected chi connectivity index (χ3v) is 3.28. The minimum Gasteiger partial charge on any atom is -0.449 e. The second kappa shape index (κ2) is 6.31. The molecule has 9 heteroatoms. The van der Waals surface area contributed by atoms with E-state index in [4.69, 9.17) is 4.74 Å². The quantitative estimate of drug-likeness (QED) is 0.450. The van der Waals surface area contributed by atoms with Gasteiger partial charge in [0.05, 0.1) is 20.4 Å². The van der Waals surface area contributed by atoms with Crippen LogP contribution in [0.3, 0.4) is 0 Å². The second-order valence-electron chi connectivity index (χ2n) is 4.08. The fourth-order valence-corrected chi connectivity index (χ4v) is 2.12. The summed E-state index contributed by atoms with van der Waals surface area (Å²) in [5.74, 6) is 0.0951. The van der Waals surface area contributed by atoms with E-state index < -0.39 is 21.2 Å². The van der Waals surface area contributed by atoms with Crippen LogP contribution in [-0.2, 0) is 0 Å². The maximum absolute atomic E-state index is 11.0. The normalized spacial score (nSPS) is 10.0. The van der Waals surface area contributed by atoms with Crippen molar-refractivity contribution in [2.24, 2.45) is 0 Å². The van der Waals surface area contributed by atoms with Crippen LogP contribution in [0, 0.1) is 20.2 Å². The van der Waals surface area contributed by atoms with Gasteiger partial charge < -0.3 is 4.74 Å². The third kappa shape index (κ3) is 3.26. The van der Waals surface area contributed by atoms with Crippen LogP contribution in [-0.4, -0.2) is 16.1 Å². The first-order chi connectivity index (χ1) is 10.4. The van der Waals surface area contributed by atoms with Crippen molar-refractivity contribution in [3.63, 3.8) is 0 Å². The van der Waals surface area contributed by atoms with E-state index in [-0.39, 0.29) is 11.5 Å². The Morgan fingerprint density at radius 2 is 1.68 bits per heavy atom. The molecule has 22 heavy (non-hydrogen) atoms. The van der Waals surface area contributed by atoms with Gasteiger partial charge in [-0.25, -0.2) is 0 Å². The molecule has 0 fully saturated rings. The van der Waals surface area contributed by atoms with E-state index in [1.54, 1.807) is 0 Å². The number of carbonyl (C=O) groups excluding carboxylic acids is 1. The SMILES string of the molecule is O=Cc1ccc(Oc2ccc([N+](=O)[O-])cc2[N+](=O)[O-])c(Br)c1. The third-order valence-electron chi connectivity index (χ3n) is 2.66. The minimum atomic E-state index is -0.768. The summed E-state index contributed by atoms with van der Waals surface area (Å²) in [7, 11) is 0. The molecule has 2 aromatic carbocycles. The Balaban J connectivity index is 2.43. The predicted molar refractivity (Wildman–Crippen MR) is 79.4 cm³/mol. The minimum absolute atomic E-state index is 0.143. The van der Waals surface area contributed by atoms with Crippen molar-refractivity contribution >= 4 is 33.6 Å². The largest absolute Gasteiger partial charge is 0.449 e. The van der Waals surface area contributed by atoms with Crippen molar-refractivity contribution in [1.29, 1.82) is 0 Å². The lowest BCUT2D eigenvalue weighted by atomic mass is 10.2. The maximum Gasteiger partial charge on any atom is 0.318 e. The van der Waals surface area contributed by atoms with Crippen LogP contribution in [0.15, 0.2) is 40.9 Å². The first kappa shape index (κ1) is 15.6. The Morgan fingerprint density at radius 3 is 2.23 bits per heavy atom. The summed E-state index contributed by atoms with van der Waals surface area (Å²) < 4.78 is 5.83. The van der Waals surface area contributed by atoms with Crippen LogP contribution in [0.4, 0.5) is 11.4 Å². The number of ether oxygens (including phenoxy) is 1. The van der Waals surface area contributed by atoms with E-state index in [1.165, 1.54) is 18.2 Å². The Morgan fingerprint density at radius 1 is 1.00 bits per heavy atom. The van der Waals surface area contributed by atoms with Gasteiger partial charge in [0.2, 0.25) is 5.75 Å². The van der Waals surface area contributed by atoms with Gasteiger partial charge in [-0.1, -0.05) is 0 Å². The van der Waals surface area contributed by atoms with Gasteiger partial charge in [-0.2, -0.15) is 0 Å². The highest BCUT2D eigenvalue weighted by atomic mass is 79.9. The Labute approximate surface area is 131 Å². The van der Waals surface area contributed by atoms with Gasteiger partial charge in [0.25, 0.3) is 5.69 Å². The fraction of sp³-hybridized carbons (Fsp3) is 0. The van der Waals surface area contributed by atoms with Gasteiger partial charge >= 0.3 is 5.69 Å². The van der Waals surface area contributed by atoms with E-state index in [1.807, 2.05) is 0 Å². The smallest absolute Gasteiger partial charge is 0.318 e. The number of carbonyl (C=O) groups is 1. The molecule has 0 heterocycles. The number of halogens is 1. The summed E-state index contributed by atoms with van der Waals surface area (Å²) in [5, 5.41) is 21.7.